The minimum absolute atomic E-state index is 0.0277. The minimum Gasteiger partial charge on any atom is -0.376 e. The predicted octanol–water partition coefficient (Wildman–Crippen LogP) is 4.00. The lowest BCUT2D eigenvalue weighted by Crippen LogP contribution is -2.48. The Bertz CT molecular complexity index is 575. The second kappa shape index (κ2) is 6.80. The molecule has 0 aliphatic rings. The molecule has 1 aromatic carbocycles. The minimum atomic E-state index is -0.319. The van der Waals surface area contributed by atoms with Crippen molar-refractivity contribution in [3.8, 4) is 0 Å². The fourth-order valence-electron chi connectivity index (χ4n) is 2.74. The SMILES string of the molecule is COC(CCc1ccc(Cl)cc1)(Cn1cncn1)C(C)(C)C. The van der Waals surface area contributed by atoms with Crippen LogP contribution in [0.3, 0.4) is 0 Å². The van der Waals surface area contributed by atoms with E-state index in [9.17, 15) is 0 Å². The first-order valence-electron chi connectivity index (χ1n) is 7.48. The van der Waals surface area contributed by atoms with E-state index in [0.29, 0.717) is 6.54 Å². The molecule has 0 radical (unpaired) electrons. The van der Waals surface area contributed by atoms with Gasteiger partial charge >= 0.3 is 0 Å². The summed E-state index contributed by atoms with van der Waals surface area (Å²) in [7, 11) is 1.78. The van der Waals surface area contributed by atoms with E-state index >= 15 is 0 Å². The van der Waals surface area contributed by atoms with E-state index in [-0.39, 0.29) is 11.0 Å². The molecule has 1 atom stereocenters. The second-order valence-electron chi connectivity index (χ2n) is 6.67. The maximum Gasteiger partial charge on any atom is 0.137 e. The average Bonchev–Trinajstić information content (AvgIpc) is 2.96. The molecule has 2 aromatic rings. The summed E-state index contributed by atoms with van der Waals surface area (Å²) in [6.45, 7) is 7.29. The number of aromatic nitrogens is 3. The first-order chi connectivity index (χ1) is 10.4. The number of benzene rings is 1. The van der Waals surface area contributed by atoms with E-state index in [1.54, 1.807) is 19.8 Å². The van der Waals surface area contributed by atoms with Crippen LogP contribution in [0.25, 0.3) is 0 Å². The molecular weight excluding hydrogens is 298 g/mol. The smallest absolute Gasteiger partial charge is 0.137 e. The molecule has 0 saturated heterocycles. The molecule has 5 heteroatoms. The molecular formula is C17H24ClN3O. The standard InChI is InChI=1S/C17H24ClN3O/c1-16(2,3)17(22-4,11-21-13-19-12-20-21)10-9-14-5-7-15(18)8-6-14/h5-8,12-13H,9-11H2,1-4H3. The first-order valence-corrected chi connectivity index (χ1v) is 7.86. The maximum absolute atomic E-state index is 6.01. The van der Waals surface area contributed by atoms with Gasteiger partial charge in [-0.05, 0) is 36.0 Å². The highest BCUT2D eigenvalue weighted by Gasteiger charge is 2.42. The molecule has 1 unspecified atom stereocenters. The van der Waals surface area contributed by atoms with Crippen LogP contribution in [0.4, 0.5) is 0 Å². The Morgan fingerprint density at radius 1 is 1.18 bits per heavy atom. The van der Waals surface area contributed by atoms with Crippen molar-refractivity contribution in [3.05, 3.63) is 47.5 Å². The van der Waals surface area contributed by atoms with Gasteiger partial charge in [-0.15, -0.1) is 0 Å². The van der Waals surface area contributed by atoms with E-state index in [0.717, 1.165) is 17.9 Å². The van der Waals surface area contributed by atoms with Gasteiger partial charge in [-0.1, -0.05) is 44.5 Å². The molecule has 1 aromatic heterocycles. The van der Waals surface area contributed by atoms with Crippen molar-refractivity contribution in [2.75, 3.05) is 7.11 Å². The number of rotatable bonds is 6. The zero-order chi connectivity index (χ0) is 16.2. The number of aryl methyl sites for hydroxylation is 1. The predicted molar refractivity (Wildman–Crippen MR) is 89.0 cm³/mol. The third-order valence-electron chi connectivity index (χ3n) is 4.37. The van der Waals surface area contributed by atoms with E-state index < -0.39 is 0 Å². The highest BCUT2D eigenvalue weighted by atomic mass is 35.5. The van der Waals surface area contributed by atoms with Gasteiger partial charge in [-0.3, -0.25) is 4.68 Å². The van der Waals surface area contributed by atoms with Crippen molar-refractivity contribution in [3.63, 3.8) is 0 Å². The molecule has 0 fully saturated rings. The third kappa shape index (κ3) is 3.87. The molecule has 4 nitrogen and oxygen atoms in total. The number of ether oxygens (including phenoxy) is 1. The number of halogens is 1. The Hall–Kier alpha value is -1.39. The summed E-state index contributed by atoms with van der Waals surface area (Å²) in [5.74, 6) is 0. The summed E-state index contributed by atoms with van der Waals surface area (Å²) < 4.78 is 7.85. The normalized spacial score (nSPS) is 14.8. The summed E-state index contributed by atoms with van der Waals surface area (Å²) >= 11 is 5.95. The van der Waals surface area contributed by atoms with Gasteiger partial charge in [-0.25, -0.2) is 4.98 Å². The van der Waals surface area contributed by atoms with Gasteiger partial charge in [0.2, 0.25) is 0 Å². The lowest BCUT2D eigenvalue weighted by atomic mass is 9.73. The zero-order valence-electron chi connectivity index (χ0n) is 13.7. The van der Waals surface area contributed by atoms with Crippen molar-refractivity contribution >= 4 is 11.6 Å². The van der Waals surface area contributed by atoms with Crippen LogP contribution in [-0.2, 0) is 17.7 Å². The van der Waals surface area contributed by atoms with E-state index in [4.69, 9.17) is 16.3 Å². The molecule has 120 valence electrons. The Morgan fingerprint density at radius 2 is 1.86 bits per heavy atom. The van der Waals surface area contributed by atoms with Gasteiger partial charge in [0.15, 0.2) is 0 Å². The van der Waals surface area contributed by atoms with Crippen molar-refractivity contribution in [1.82, 2.24) is 14.8 Å². The zero-order valence-corrected chi connectivity index (χ0v) is 14.5. The number of hydrogen-bond donors (Lipinski definition) is 0. The van der Waals surface area contributed by atoms with Crippen LogP contribution in [-0.4, -0.2) is 27.5 Å². The highest BCUT2D eigenvalue weighted by Crippen LogP contribution is 2.38. The Morgan fingerprint density at radius 3 is 2.36 bits per heavy atom. The van der Waals surface area contributed by atoms with Gasteiger partial charge < -0.3 is 4.74 Å². The van der Waals surface area contributed by atoms with Gasteiger partial charge in [0.25, 0.3) is 0 Å². The fraction of sp³-hybridized carbons (Fsp3) is 0.529. The molecule has 0 aliphatic heterocycles. The summed E-state index contributed by atoms with van der Waals surface area (Å²) in [4.78, 5) is 4.03. The molecule has 2 rings (SSSR count). The lowest BCUT2D eigenvalue weighted by molar-refractivity contribution is -0.111. The van der Waals surface area contributed by atoms with Crippen LogP contribution in [0.15, 0.2) is 36.9 Å². The van der Waals surface area contributed by atoms with Crippen LogP contribution < -0.4 is 0 Å². The number of methoxy groups -OCH3 is 1. The van der Waals surface area contributed by atoms with Crippen LogP contribution in [0.2, 0.25) is 5.02 Å². The van der Waals surface area contributed by atoms with Gasteiger partial charge in [0.1, 0.15) is 12.7 Å². The fourth-order valence-corrected chi connectivity index (χ4v) is 2.86. The summed E-state index contributed by atoms with van der Waals surface area (Å²) in [5, 5.41) is 5.00. The molecule has 0 aliphatic carbocycles. The summed E-state index contributed by atoms with van der Waals surface area (Å²) in [6, 6.07) is 8.00. The maximum atomic E-state index is 6.01. The molecule has 0 saturated carbocycles. The van der Waals surface area contributed by atoms with Crippen LogP contribution >= 0.6 is 11.6 Å². The van der Waals surface area contributed by atoms with E-state index in [1.165, 1.54) is 5.56 Å². The highest BCUT2D eigenvalue weighted by molar-refractivity contribution is 6.30. The summed E-state index contributed by atoms with van der Waals surface area (Å²) in [5.41, 5.74) is 0.911. The van der Waals surface area contributed by atoms with Crippen molar-refractivity contribution < 1.29 is 4.74 Å². The van der Waals surface area contributed by atoms with Gasteiger partial charge in [0.05, 0.1) is 12.1 Å². The lowest BCUT2D eigenvalue weighted by Gasteiger charge is -2.43. The molecule has 0 spiro atoms. The van der Waals surface area contributed by atoms with Crippen molar-refractivity contribution in [1.29, 1.82) is 0 Å². The van der Waals surface area contributed by atoms with Crippen molar-refractivity contribution in [2.24, 2.45) is 5.41 Å². The topological polar surface area (TPSA) is 39.9 Å². The van der Waals surface area contributed by atoms with Crippen LogP contribution in [0.1, 0.15) is 32.8 Å². The Kier molecular flexibility index (Phi) is 5.24. The van der Waals surface area contributed by atoms with Crippen LogP contribution in [0, 0.1) is 5.41 Å². The Balaban J connectivity index is 2.18. The van der Waals surface area contributed by atoms with Gasteiger partial charge in [0, 0.05) is 12.1 Å². The monoisotopic (exact) mass is 321 g/mol. The van der Waals surface area contributed by atoms with E-state index in [1.807, 2.05) is 16.8 Å². The van der Waals surface area contributed by atoms with E-state index in [2.05, 4.69) is 43.0 Å². The first kappa shape index (κ1) is 17.0. The molecule has 0 N–H and O–H groups in total. The second-order valence-corrected chi connectivity index (χ2v) is 7.10. The summed E-state index contributed by atoms with van der Waals surface area (Å²) in [6.07, 6.45) is 5.12. The molecule has 0 bridgehead atoms. The largest absolute Gasteiger partial charge is 0.376 e. The average molecular weight is 322 g/mol. The van der Waals surface area contributed by atoms with Gasteiger partial charge in [-0.2, -0.15) is 5.10 Å². The number of hydrogen-bond acceptors (Lipinski definition) is 3. The Labute approximate surface area is 137 Å². The molecule has 0 amide bonds. The van der Waals surface area contributed by atoms with Crippen molar-refractivity contribution in [2.45, 2.75) is 45.8 Å². The number of nitrogens with zero attached hydrogens (tertiary/aromatic N) is 3. The molecule has 22 heavy (non-hydrogen) atoms. The molecule has 1 heterocycles. The van der Waals surface area contributed by atoms with Crippen LogP contribution in [0.5, 0.6) is 0 Å². The third-order valence-corrected chi connectivity index (χ3v) is 4.62. The quantitative estimate of drug-likeness (QED) is 0.807.